The molecule has 4 nitrogen and oxygen atoms in total. The van der Waals surface area contributed by atoms with E-state index >= 15 is 0 Å². The van der Waals surface area contributed by atoms with Crippen molar-refractivity contribution in [3.8, 4) is 0 Å². The minimum absolute atomic E-state index is 0.0997. The Morgan fingerprint density at radius 1 is 1.38 bits per heavy atom. The van der Waals surface area contributed by atoms with E-state index in [0.29, 0.717) is 5.75 Å². The van der Waals surface area contributed by atoms with E-state index in [-0.39, 0.29) is 11.8 Å². The quantitative estimate of drug-likeness (QED) is 0.818. The molecule has 0 aromatic heterocycles. The first kappa shape index (κ1) is 16.3. The zero-order valence-corrected chi connectivity index (χ0v) is 14.0. The van der Waals surface area contributed by atoms with E-state index in [9.17, 15) is 8.42 Å². The van der Waals surface area contributed by atoms with Gasteiger partial charge in [-0.1, -0.05) is 24.6 Å². The van der Waals surface area contributed by atoms with Gasteiger partial charge in [0.15, 0.2) is 9.84 Å². The van der Waals surface area contributed by atoms with Crippen LogP contribution in [0.3, 0.4) is 0 Å². The molecule has 1 aliphatic heterocycles. The van der Waals surface area contributed by atoms with Crippen molar-refractivity contribution in [2.45, 2.75) is 39.3 Å². The second-order valence-electron chi connectivity index (χ2n) is 5.98. The Hall–Kier alpha value is -1.07. The molecule has 0 bridgehead atoms. The fourth-order valence-corrected chi connectivity index (χ4v) is 4.65. The average molecular weight is 310 g/mol. The Morgan fingerprint density at radius 3 is 2.76 bits per heavy atom. The molecule has 1 N–H and O–H groups in total. The fraction of sp³-hybridized carbons (Fsp3) is 0.625. The summed E-state index contributed by atoms with van der Waals surface area (Å²) in [5.41, 5.74) is 3.63. The first-order valence-corrected chi connectivity index (χ1v) is 9.48. The molecular formula is C16H26N2O2S. The monoisotopic (exact) mass is 310 g/mol. The lowest BCUT2D eigenvalue weighted by atomic mass is 10.1. The van der Waals surface area contributed by atoms with Crippen LogP contribution in [0.2, 0.25) is 0 Å². The van der Waals surface area contributed by atoms with Crippen LogP contribution in [-0.4, -0.2) is 39.6 Å². The number of hydrogen-bond donors (Lipinski definition) is 1. The molecule has 21 heavy (non-hydrogen) atoms. The number of hydrogen-bond acceptors (Lipinski definition) is 4. The average Bonchev–Trinajstić information content (AvgIpc) is 2.79. The highest BCUT2D eigenvalue weighted by atomic mass is 32.2. The first-order chi connectivity index (χ1) is 9.93. The summed E-state index contributed by atoms with van der Waals surface area (Å²) in [6.45, 7) is 6.07. The lowest BCUT2D eigenvalue weighted by Crippen LogP contribution is -2.33. The third-order valence-electron chi connectivity index (χ3n) is 4.11. The predicted molar refractivity (Wildman–Crippen MR) is 88.6 cm³/mol. The van der Waals surface area contributed by atoms with Gasteiger partial charge in [0, 0.05) is 25.3 Å². The summed E-state index contributed by atoms with van der Waals surface area (Å²) in [7, 11) is -0.834. The molecule has 1 saturated heterocycles. The predicted octanol–water partition coefficient (Wildman–Crippen LogP) is 2.12. The van der Waals surface area contributed by atoms with Gasteiger partial charge in [-0.25, -0.2) is 8.42 Å². The summed E-state index contributed by atoms with van der Waals surface area (Å²) in [5.74, 6) is 0.594. The van der Waals surface area contributed by atoms with Gasteiger partial charge in [-0.15, -0.1) is 0 Å². The molecule has 1 heterocycles. The maximum atomic E-state index is 11.7. The summed E-state index contributed by atoms with van der Waals surface area (Å²) in [6.07, 6.45) is 1.84. The largest absolute Gasteiger partial charge is 0.370 e. The molecule has 5 heteroatoms. The molecule has 2 rings (SSSR count). The van der Waals surface area contributed by atoms with Gasteiger partial charge in [0.25, 0.3) is 0 Å². The highest BCUT2D eigenvalue weighted by Crippen LogP contribution is 2.27. The zero-order chi connectivity index (χ0) is 15.5. The standard InChI is InChI=1S/C16H26N2O2S/c1-4-8-17-11-14-10-13(2)5-6-16(14)18(3)15-7-9-21(19,20)12-15/h5-6,10,15,17H,4,7-9,11-12H2,1-3H3. The van der Waals surface area contributed by atoms with Crippen LogP contribution in [0.1, 0.15) is 30.9 Å². The highest BCUT2D eigenvalue weighted by Gasteiger charge is 2.31. The maximum absolute atomic E-state index is 11.7. The Morgan fingerprint density at radius 2 is 2.14 bits per heavy atom. The molecule has 0 spiro atoms. The highest BCUT2D eigenvalue weighted by molar-refractivity contribution is 7.91. The van der Waals surface area contributed by atoms with Gasteiger partial charge in [-0.05, 0) is 37.9 Å². The van der Waals surface area contributed by atoms with Crippen LogP contribution in [0, 0.1) is 6.92 Å². The zero-order valence-electron chi connectivity index (χ0n) is 13.2. The van der Waals surface area contributed by atoms with Crippen LogP contribution in [0.15, 0.2) is 18.2 Å². The number of aryl methyl sites for hydroxylation is 1. The van der Waals surface area contributed by atoms with Crippen molar-refractivity contribution in [1.29, 1.82) is 0 Å². The van der Waals surface area contributed by atoms with Gasteiger partial charge in [0.2, 0.25) is 0 Å². The van der Waals surface area contributed by atoms with E-state index in [4.69, 9.17) is 0 Å². The number of rotatable bonds is 6. The van der Waals surface area contributed by atoms with E-state index < -0.39 is 9.84 Å². The summed E-state index contributed by atoms with van der Waals surface area (Å²) in [4.78, 5) is 2.15. The minimum atomic E-state index is -2.85. The molecule has 1 aromatic rings. The molecule has 0 aliphatic carbocycles. The lowest BCUT2D eigenvalue weighted by Gasteiger charge is -2.28. The van der Waals surface area contributed by atoms with Crippen LogP contribution in [0.5, 0.6) is 0 Å². The van der Waals surface area contributed by atoms with E-state index in [1.54, 1.807) is 0 Å². The molecule has 0 radical (unpaired) electrons. The number of anilines is 1. The summed E-state index contributed by atoms with van der Waals surface area (Å²) >= 11 is 0. The Balaban J connectivity index is 2.17. The minimum Gasteiger partial charge on any atom is -0.370 e. The molecule has 1 unspecified atom stereocenters. The third kappa shape index (κ3) is 4.20. The first-order valence-electron chi connectivity index (χ1n) is 7.66. The molecule has 1 atom stereocenters. The SMILES string of the molecule is CCCNCc1cc(C)ccc1N(C)C1CCS(=O)(=O)C1. The van der Waals surface area contributed by atoms with Crippen molar-refractivity contribution < 1.29 is 8.42 Å². The molecule has 0 amide bonds. The van der Waals surface area contributed by atoms with Crippen LogP contribution < -0.4 is 10.2 Å². The summed E-state index contributed by atoms with van der Waals surface area (Å²) in [6, 6.07) is 6.50. The Bertz CT molecular complexity index is 584. The topological polar surface area (TPSA) is 49.4 Å². The van der Waals surface area contributed by atoms with Crippen LogP contribution in [0.4, 0.5) is 5.69 Å². The summed E-state index contributed by atoms with van der Waals surface area (Å²) < 4.78 is 23.4. The number of sulfone groups is 1. The summed E-state index contributed by atoms with van der Waals surface area (Å²) in [5, 5.41) is 3.44. The van der Waals surface area contributed by atoms with Crippen molar-refractivity contribution in [3.05, 3.63) is 29.3 Å². The molecular weight excluding hydrogens is 284 g/mol. The van der Waals surface area contributed by atoms with Gasteiger partial charge in [0.1, 0.15) is 0 Å². The van der Waals surface area contributed by atoms with Gasteiger partial charge < -0.3 is 10.2 Å². The van der Waals surface area contributed by atoms with Crippen LogP contribution in [-0.2, 0) is 16.4 Å². The van der Waals surface area contributed by atoms with Gasteiger partial charge in [-0.2, -0.15) is 0 Å². The fourth-order valence-electron chi connectivity index (χ4n) is 2.88. The number of nitrogens with zero attached hydrogens (tertiary/aromatic N) is 1. The third-order valence-corrected chi connectivity index (χ3v) is 5.86. The molecule has 1 aliphatic rings. The van der Waals surface area contributed by atoms with Crippen molar-refractivity contribution >= 4 is 15.5 Å². The second-order valence-corrected chi connectivity index (χ2v) is 8.21. The lowest BCUT2D eigenvalue weighted by molar-refractivity contribution is 0.600. The number of benzene rings is 1. The van der Waals surface area contributed by atoms with E-state index in [2.05, 4.69) is 42.3 Å². The Kier molecular flexibility index (Phi) is 5.27. The smallest absolute Gasteiger partial charge is 0.152 e. The van der Waals surface area contributed by atoms with E-state index in [1.807, 2.05) is 7.05 Å². The van der Waals surface area contributed by atoms with Gasteiger partial charge in [0.05, 0.1) is 11.5 Å². The Labute approximate surface area is 128 Å². The molecule has 118 valence electrons. The molecule has 1 fully saturated rings. The number of nitrogens with one attached hydrogen (secondary N) is 1. The second kappa shape index (κ2) is 6.79. The van der Waals surface area contributed by atoms with Crippen molar-refractivity contribution in [2.75, 3.05) is 30.0 Å². The maximum Gasteiger partial charge on any atom is 0.152 e. The van der Waals surface area contributed by atoms with Crippen molar-refractivity contribution in [1.82, 2.24) is 5.32 Å². The normalized spacial score (nSPS) is 20.6. The van der Waals surface area contributed by atoms with E-state index in [1.165, 1.54) is 11.1 Å². The van der Waals surface area contributed by atoms with Crippen molar-refractivity contribution in [2.24, 2.45) is 0 Å². The van der Waals surface area contributed by atoms with E-state index in [0.717, 1.165) is 31.6 Å². The molecule has 1 aromatic carbocycles. The van der Waals surface area contributed by atoms with Gasteiger partial charge >= 0.3 is 0 Å². The van der Waals surface area contributed by atoms with Crippen LogP contribution >= 0.6 is 0 Å². The molecule has 0 saturated carbocycles. The van der Waals surface area contributed by atoms with Crippen LogP contribution in [0.25, 0.3) is 0 Å². The van der Waals surface area contributed by atoms with Crippen molar-refractivity contribution in [3.63, 3.8) is 0 Å². The van der Waals surface area contributed by atoms with Gasteiger partial charge in [-0.3, -0.25) is 0 Å².